The molecular weight excluding hydrogens is 208 g/mol. The summed E-state index contributed by atoms with van der Waals surface area (Å²) >= 11 is 0. The van der Waals surface area contributed by atoms with Crippen molar-refractivity contribution in [1.29, 1.82) is 0 Å². The molecule has 0 amide bonds. The van der Waals surface area contributed by atoms with E-state index in [0.29, 0.717) is 0 Å². The predicted molar refractivity (Wildman–Crippen MR) is 62.3 cm³/mol. The number of benzene rings is 1. The fraction of sp³-hybridized carbons (Fsp3) is 0.400. The minimum atomic E-state index is -0.477. The molecule has 1 atom stereocenters. The van der Waals surface area contributed by atoms with E-state index < -0.39 is 4.92 Å². The maximum Gasteiger partial charge on any atom is 0.292 e. The molecule has 0 saturated carbocycles. The Labute approximate surface area is 93.0 Å². The summed E-state index contributed by atoms with van der Waals surface area (Å²) in [7, 11) is 0. The zero-order valence-corrected chi connectivity index (χ0v) is 8.80. The number of hydrogen-bond donors (Lipinski definition) is 2. The van der Waals surface area contributed by atoms with Gasteiger partial charge in [0.05, 0.1) is 4.92 Å². The summed E-state index contributed by atoms with van der Waals surface area (Å²) in [5.41, 5.74) is 12.5. The molecule has 1 aliphatic rings. The van der Waals surface area contributed by atoms with Crippen molar-refractivity contribution in [3.63, 3.8) is 0 Å². The molecule has 6 heteroatoms. The maximum absolute atomic E-state index is 10.6. The third-order valence-electron chi connectivity index (χ3n) is 2.80. The van der Waals surface area contributed by atoms with Crippen LogP contribution in [0.15, 0.2) is 18.2 Å². The zero-order chi connectivity index (χ0) is 11.7. The van der Waals surface area contributed by atoms with Crippen molar-refractivity contribution in [2.24, 2.45) is 5.73 Å². The molecule has 6 nitrogen and oxygen atoms in total. The van der Waals surface area contributed by atoms with Gasteiger partial charge in [-0.05, 0) is 18.6 Å². The van der Waals surface area contributed by atoms with E-state index in [1.165, 1.54) is 6.07 Å². The number of rotatable bonds is 2. The van der Waals surface area contributed by atoms with Crippen LogP contribution in [0.4, 0.5) is 17.1 Å². The Morgan fingerprint density at radius 2 is 2.25 bits per heavy atom. The Bertz CT molecular complexity index is 421. The van der Waals surface area contributed by atoms with Gasteiger partial charge in [0, 0.05) is 30.9 Å². The second-order valence-corrected chi connectivity index (χ2v) is 3.99. The first-order valence-electron chi connectivity index (χ1n) is 5.12. The molecule has 0 spiro atoms. The molecular formula is C10H14N4O2. The van der Waals surface area contributed by atoms with Crippen molar-refractivity contribution in [1.82, 2.24) is 0 Å². The van der Waals surface area contributed by atoms with Crippen LogP contribution >= 0.6 is 0 Å². The fourth-order valence-electron chi connectivity index (χ4n) is 1.93. The van der Waals surface area contributed by atoms with E-state index in [4.69, 9.17) is 11.5 Å². The highest BCUT2D eigenvalue weighted by Gasteiger charge is 2.21. The van der Waals surface area contributed by atoms with E-state index in [1.807, 2.05) is 0 Å². The second kappa shape index (κ2) is 3.97. The monoisotopic (exact) mass is 222 g/mol. The Kier molecular flexibility index (Phi) is 2.66. The predicted octanol–water partition coefficient (Wildman–Crippen LogP) is 0.714. The Hall–Kier alpha value is -1.82. The molecule has 2 rings (SSSR count). The van der Waals surface area contributed by atoms with Gasteiger partial charge in [0.25, 0.3) is 5.69 Å². The lowest BCUT2D eigenvalue weighted by Gasteiger charge is -2.18. The van der Waals surface area contributed by atoms with Gasteiger partial charge in [-0.1, -0.05) is 0 Å². The van der Waals surface area contributed by atoms with Crippen LogP contribution in [0.5, 0.6) is 0 Å². The summed E-state index contributed by atoms with van der Waals surface area (Å²) in [6.45, 7) is 1.65. The van der Waals surface area contributed by atoms with Crippen molar-refractivity contribution in [2.75, 3.05) is 23.7 Å². The Morgan fingerprint density at radius 1 is 1.50 bits per heavy atom. The van der Waals surface area contributed by atoms with Crippen LogP contribution in [0, 0.1) is 10.1 Å². The van der Waals surface area contributed by atoms with Gasteiger partial charge in [-0.15, -0.1) is 0 Å². The number of anilines is 2. The lowest BCUT2D eigenvalue weighted by Crippen LogP contribution is -2.26. The van der Waals surface area contributed by atoms with Crippen LogP contribution in [0.2, 0.25) is 0 Å². The number of hydrogen-bond acceptors (Lipinski definition) is 5. The molecule has 0 aliphatic carbocycles. The quantitative estimate of drug-likeness (QED) is 0.436. The van der Waals surface area contributed by atoms with E-state index in [-0.39, 0.29) is 17.4 Å². The van der Waals surface area contributed by atoms with Gasteiger partial charge < -0.3 is 16.4 Å². The minimum absolute atomic E-state index is 0.0488. The van der Waals surface area contributed by atoms with E-state index >= 15 is 0 Å². The van der Waals surface area contributed by atoms with E-state index in [1.54, 1.807) is 12.1 Å². The molecule has 0 radical (unpaired) electrons. The number of nitrogens with zero attached hydrogens (tertiary/aromatic N) is 2. The van der Waals surface area contributed by atoms with E-state index in [2.05, 4.69) is 4.90 Å². The molecule has 4 N–H and O–H groups in total. The summed E-state index contributed by atoms with van der Waals surface area (Å²) in [6.07, 6.45) is 0.941. The average molecular weight is 222 g/mol. The lowest BCUT2D eigenvalue weighted by molar-refractivity contribution is -0.383. The summed E-state index contributed by atoms with van der Waals surface area (Å²) in [5.74, 6) is 0. The van der Waals surface area contributed by atoms with Crippen LogP contribution in [-0.4, -0.2) is 24.1 Å². The summed E-state index contributed by atoms with van der Waals surface area (Å²) in [4.78, 5) is 12.2. The molecule has 1 fully saturated rings. The summed E-state index contributed by atoms with van der Waals surface area (Å²) in [5, 5.41) is 10.6. The van der Waals surface area contributed by atoms with Crippen molar-refractivity contribution >= 4 is 17.1 Å². The number of nitro benzene ring substituents is 1. The van der Waals surface area contributed by atoms with Gasteiger partial charge in [0.15, 0.2) is 0 Å². The number of nitrogens with two attached hydrogens (primary N) is 2. The molecule has 1 saturated heterocycles. The highest BCUT2D eigenvalue weighted by atomic mass is 16.6. The molecule has 16 heavy (non-hydrogen) atoms. The molecule has 0 aromatic heterocycles. The zero-order valence-electron chi connectivity index (χ0n) is 8.80. The van der Waals surface area contributed by atoms with Crippen molar-refractivity contribution in [2.45, 2.75) is 12.5 Å². The molecule has 1 aliphatic heterocycles. The van der Waals surface area contributed by atoms with Crippen LogP contribution in [0.25, 0.3) is 0 Å². The topological polar surface area (TPSA) is 98.4 Å². The first kappa shape index (κ1) is 10.7. The van der Waals surface area contributed by atoms with Crippen molar-refractivity contribution in [3.8, 4) is 0 Å². The van der Waals surface area contributed by atoms with Crippen molar-refractivity contribution < 1.29 is 4.92 Å². The van der Waals surface area contributed by atoms with Gasteiger partial charge in [-0.2, -0.15) is 0 Å². The van der Waals surface area contributed by atoms with Gasteiger partial charge >= 0.3 is 0 Å². The molecule has 1 unspecified atom stereocenters. The normalized spacial score (nSPS) is 20.1. The van der Waals surface area contributed by atoms with E-state index in [9.17, 15) is 10.1 Å². The maximum atomic E-state index is 10.6. The fourth-order valence-corrected chi connectivity index (χ4v) is 1.93. The average Bonchev–Trinajstić information content (AvgIpc) is 2.64. The first-order chi connectivity index (χ1) is 7.58. The van der Waals surface area contributed by atoms with Crippen LogP contribution in [-0.2, 0) is 0 Å². The van der Waals surface area contributed by atoms with Gasteiger partial charge in [0.2, 0.25) is 0 Å². The van der Waals surface area contributed by atoms with Gasteiger partial charge in [-0.25, -0.2) is 0 Å². The largest absolute Gasteiger partial charge is 0.393 e. The summed E-state index contributed by atoms with van der Waals surface area (Å²) < 4.78 is 0. The van der Waals surface area contributed by atoms with Crippen LogP contribution < -0.4 is 16.4 Å². The Morgan fingerprint density at radius 3 is 2.75 bits per heavy atom. The molecule has 1 heterocycles. The van der Waals surface area contributed by atoms with Crippen LogP contribution in [0.3, 0.4) is 0 Å². The second-order valence-electron chi connectivity index (χ2n) is 3.99. The Balaban J connectivity index is 2.24. The van der Waals surface area contributed by atoms with Gasteiger partial charge in [-0.3, -0.25) is 10.1 Å². The molecule has 0 bridgehead atoms. The van der Waals surface area contributed by atoms with Gasteiger partial charge in [0.1, 0.15) is 5.69 Å². The lowest BCUT2D eigenvalue weighted by atomic mass is 10.2. The summed E-state index contributed by atoms with van der Waals surface area (Å²) in [6, 6.07) is 4.97. The molecule has 86 valence electrons. The van der Waals surface area contributed by atoms with E-state index in [0.717, 1.165) is 25.2 Å². The standard InChI is InChI=1S/C10H14N4O2/c11-7-3-4-13(6-7)8-1-2-10(14(15)16)9(12)5-8/h1-2,5,7H,3-4,6,11-12H2. The highest BCUT2D eigenvalue weighted by molar-refractivity contribution is 5.66. The molecule has 1 aromatic rings. The first-order valence-corrected chi connectivity index (χ1v) is 5.12. The smallest absolute Gasteiger partial charge is 0.292 e. The van der Waals surface area contributed by atoms with Crippen LogP contribution in [0.1, 0.15) is 6.42 Å². The minimum Gasteiger partial charge on any atom is -0.393 e. The van der Waals surface area contributed by atoms with Crippen molar-refractivity contribution in [3.05, 3.63) is 28.3 Å². The third-order valence-corrected chi connectivity index (χ3v) is 2.80. The SMILES string of the molecule is Nc1cc(N2CCC(N)C2)ccc1[N+](=O)[O-]. The molecule has 1 aromatic carbocycles. The number of nitro groups is 1. The number of nitrogen functional groups attached to an aromatic ring is 1. The third kappa shape index (κ3) is 1.92. The highest BCUT2D eigenvalue weighted by Crippen LogP contribution is 2.28.